The number of nitrogens with one attached hydrogen (secondary N) is 1. The quantitative estimate of drug-likeness (QED) is 0.828. The summed E-state index contributed by atoms with van der Waals surface area (Å²) >= 11 is 5.72. The van der Waals surface area contributed by atoms with E-state index in [0.29, 0.717) is 25.2 Å². The van der Waals surface area contributed by atoms with Crippen molar-refractivity contribution in [2.24, 2.45) is 5.92 Å². The Morgan fingerprint density at radius 1 is 1.48 bits per heavy atom. The van der Waals surface area contributed by atoms with Crippen molar-refractivity contribution in [2.45, 2.75) is 26.4 Å². The summed E-state index contributed by atoms with van der Waals surface area (Å²) in [6.45, 7) is 3.10. The Bertz CT molecular complexity index is 808. The highest BCUT2D eigenvalue weighted by Crippen LogP contribution is 2.25. The number of hydrogen-bond acceptors (Lipinski definition) is 3. The average molecular weight is 365 g/mol. The van der Waals surface area contributed by atoms with Crippen LogP contribution in [-0.2, 0) is 22.7 Å². The van der Waals surface area contributed by atoms with Crippen molar-refractivity contribution in [1.29, 1.82) is 0 Å². The van der Waals surface area contributed by atoms with E-state index in [0.717, 1.165) is 0 Å². The lowest BCUT2D eigenvalue weighted by Gasteiger charge is -2.14. The summed E-state index contributed by atoms with van der Waals surface area (Å²) in [7, 11) is 0. The van der Waals surface area contributed by atoms with Crippen LogP contribution in [0.15, 0.2) is 30.6 Å². The number of anilines is 1. The lowest BCUT2D eigenvalue weighted by Crippen LogP contribution is -2.36. The maximum atomic E-state index is 13.9. The van der Waals surface area contributed by atoms with Crippen molar-refractivity contribution in [3.05, 3.63) is 47.0 Å². The lowest BCUT2D eigenvalue weighted by molar-refractivity contribution is -0.132. The molecule has 0 saturated carbocycles. The van der Waals surface area contributed by atoms with Gasteiger partial charge in [-0.15, -0.1) is 0 Å². The van der Waals surface area contributed by atoms with Crippen LogP contribution in [0.4, 0.5) is 10.1 Å². The third kappa shape index (κ3) is 3.51. The van der Waals surface area contributed by atoms with Gasteiger partial charge in [-0.3, -0.25) is 14.3 Å². The summed E-state index contributed by atoms with van der Waals surface area (Å²) in [4.78, 5) is 26.4. The maximum absolute atomic E-state index is 13.9. The molecule has 0 radical (unpaired) electrons. The molecule has 8 heteroatoms. The summed E-state index contributed by atoms with van der Waals surface area (Å²) < 4.78 is 15.6. The first-order valence-electron chi connectivity index (χ1n) is 8.05. The molecular formula is C17H18ClFN4O2. The molecule has 132 valence electrons. The second-order valence-electron chi connectivity index (χ2n) is 5.82. The van der Waals surface area contributed by atoms with Crippen LogP contribution in [0.25, 0.3) is 0 Å². The van der Waals surface area contributed by atoms with E-state index in [2.05, 4.69) is 10.4 Å². The van der Waals surface area contributed by atoms with E-state index in [4.69, 9.17) is 11.6 Å². The van der Waals surface area contributed by atoms with Crippen molar-refractivity contribution in [1.82, 2.24) is 15.1 Å². The van der Waals surface area contributed by atoms with Gasteiger partial charge >= 0.3 is 0 Å². The molecular weight excluding hydrogens is 347 g/mol. The zero-order valence-electron chi connectivity index (χ0n) is 13.7. The standard InChI is InChI=1S/C17H18ClFN4O2/c1-2-22-10-12(9-21-22)23-7-6-13(17(23)25)16(24)20-8-11-4-3-5-14(18)15(11)19/h3-5,9-10,13H,2,6-8H2,1H3,(H,20,24). The first kappa shape index (κ1) is 17.4. The third-order valence-corrected chi connectivity index (χ3v) is 4.55. The molecule has 1 atom stereocenters. The number of carbonyl (C=O) groups excluding carboxylic acids is 2. The zero-order chi connectivity index (χ0) is 18.0. The van der Waals surface area contributed by atoms with Crippen LogP contribution in [0.5, 0.6) is 0 Å². The smallest absolute Gasteiger partial charge is 0.239 e. The van der Waals surface area contributed by atoms with Gasteiger partial charge < -0.3 is 10.2 Å². The van der Waals surface area contributed by atoms with Crippen molar-refractivity contribution < 1.29 is 14.0 Å². The van der Waals surface area contributed by atoms with Crippen molar-refractivity contribution in [3.8, 4) is 0 Å². The highest BCUT2D eigenvalue weighted by Gasteiger charge is 2.38. The minimum absolute atomic E-state index is 0.00260. The second-order valence-corrected chi connectivity index (χ2v) is 6.22. The van der Waals surface area contributed by atoms with Crippen LogP contribution < -0.4 is 10.2 Å². The highest BCUT2D eigenvalue weighted by atomic mass is 35.5. The van der Waals surface area contributed by atoms with Crippen LogP contribution in [-0.4, -0.2) is 28.1 Å². The molecule has 2 amide bonds. The average Bonchev–Trinajstić information content (AvgIpc) is 3.22. The van der Waals surface area contributed by atoms with Crippen molar-refractivity contribution in [2.75, 3.05) is 11.4 Å². The number of rotatable bonds is 5. The monoisotopic (exact) mass is 364 g/mol. The Labute approximate surface area is 149 Å². The Hall–Kier alpha value is -2.41. The SMILES string of the molecule is CCn1cc(N2CCC(C(=O)NCc3cccc(Cl)c3F)C2=O)cn1. The summed E-state index contributed by atoms with van der Waals surface area (Å²) in [5.74, 6) is -2.00. The Morgan fingerprint density at radius 2 is 2.28 bits per heavy atom. The molecule has 1 unspecified atom stereocenters. The number of carbonyl (C=O) groups is 2. The fourth-order valence-corrected chi connectivity index (χ4v) is 3.03. The van der Waals surface area contributed by atoms with Crippen LogP contribution in [0.3, 0.4) is 0 Å². The van der Waals surface area contributed by atoms with Crippen LogP contribution in [0.1, 0.15) is 18.9 Å². The summed E-state index contributed by atoms with van der Waals surface area (Å²) in [6.07, 6.45) is 3.81. The van der Waals surface area contributed by atoms with E-state index in [1.165, 1.54) is 6.07 Å². The van der Waals surface area contributed by atoms with E-state index in [9.17, 15) is 14.0 Å². The summed E-state index contributed by atoms with van der Waals surface area (Å²) in [5, 5.41) is 6.77. The minimum atomic E-state index is -0.771. The van der Waals surface area contributed by atoms with Gasteiger partial charge in [-0.1, -0.05) is 23.7 Å². The molecule has 3 rings (SSSR count). The lowest BCUT2D eigenvalue weighted by atomic mass is 10.1. The Balaban J connectivity index is 1.63. The molecule has 1 aliphatic rings. The number of amides is 2. The van der Waals surface area contributed by atoms with Gasteiger partial charge in [0.15, 0.2) is 0 Å². The molecule has 0 bridgehead atoms. The van der Waals surface area contributed by atoms with Crippen LogP contribution in [0.2, 0.25) is 5.02 Å². The fraction of sp³-hybridized carbons (Fsp3) is 0.353. The molecule has 1 N–H and O–H groups in total. The van der Waals surface area contributed by atoms with Gasteiger partial charge in [0.05, 0.1) is 16.9 Å². The molecule has 1 saturated heterocycles. The van der Waals surface area contributed by atoms with E-state index >= 15 is 0 Å². The minimum Gasteiger partial charge on any atom is -0.351 e. The summed E-state index contributed by atoms with van der Waals surface area (Å²) in [5.41, 5.74) is 0.968. The van der Waals surface area contributed by atoms with Gasteiger partial charge in [0.1, 0.15) is 11.7 Å². The first-order valence-corrected chi connectivity index (χ1v) is 8.43. The zero-order valence-corrected chi connectivity index (χ0v) is 14.5. The van der Waals surface area contributed by atoms with Gasteiger partial charge in [-0.25, -0.2) is 4.39 Å². The van der Waals surface area contributed by atoms with Gasteiger partial charge in [-0.2, -0.15) is 5.10 Å². The topological polar surface area (TPSA) is 67.2 Å². The molecule has 1 aromatic carbocycles. The number of benzene rings is 1. The van der Waals surface area contributed by atoms with E-state index in [1.54, 1.807) is 34.1 Å². The molecule has 0 aliphatic carbocycles. The molecule has 25 heavy (non-hydrogen) atoms. The molecule has 1 aliphatic heterocycles. The molecule has 2 heterocycles. The highest BCUT2D eigenvalue weighted by molar-refractivity contribution is 6.30. The fourth-order valence-electron chi connectivity index (χ4n) is 2.84. The number of aryl methyl sites for hydroxylation is 1. The van der Waals surface area contributed by atoms with Gasteiger partial charge in [0.2, 0.25) is 11.8 Å². The predicted octanol–water partition coefficient (Wildman–Crippen LogP) is 2.36. The second kappa shape index (κ2) is 7.23. The van der Waals surface area contributed by atoms with E-state index < -0.39 is 17.6 Å². The normalized spacial score (nSPS) is 17.2. The maximum Gasteiger partial charge on any atom is 0.239 e. The first-order chi connectivity index (χ1) is 12.0. The molecule has 6 nitrogen and oxygen atoms in total. The van der Waals surface area contributed by atoms with Crippen LogP contribution >= 0.6 is 11.6 Å². The largest absolute Gasteiger partial charge is 0.351 e. The molecule has 2 aromatic rings. The number of halogens is 2. The predicted molar refractivity (Wildman–Crippen MR) is 91.6 cm³/mol. The number of aromatic nitrogens is 2. The van der Waals surface area contributed by atoms with E-state index in [-0.39, 0.29) is 23.0 Å². The summed E-state index contributed by atoms with van der Waals surface area (Å²) in [6, 6.07) is 4.60. The van der Waals surface area contributed by atoms with Crippen molar-refractivity contribution in [3.63, 3.8) is 0 Å². The number of hydrogen-bond donors (Lipinski definition) is 1. The number of nitrogens with zero attached hydrogens (tertiary/aromatic N) is 3. The Morgan fingerprint density at radius 3 is 3.00 bits per heavy atom. The third-order valence-electron chi connectivity index (χ3n) is 4.26. The van der Waals surface area contributed by atoms with Crippen molar-refractivity contribution >= 4 is 29.1 Å². The van der Waals surface area contributed by atoms with Gasteiger partial charge in [0, 0.05) is 31.4 Å². The van der Waals surface area contributed by atoms with Gasteiger partial charge in [0.25, 0.3) is 0 Å². The molecule has 0 spiro atoms. The Kier molecular flexibility index (Phi) is 5.03. The van der Waals surface area contributed by atoms with Gasteiger partial charge in [-0.05, 0) is 19.4 Å². The molecule has 1 aromatic heterocycles. The van der Waals surface area contributed by atoms with Crippen LogP contribution in [0, 0.1) is 11.7 Å². The van der Waals surface area contributed by atoms with E-state index in [1.807, 2.05) is 6.92 Å². The molecule has 1 fully saturated rings.